The van der Waals surface area contributed by atoms with Gasteiger partial charge in [0.1, 0.15) is 6.33 Å². The highest BCUT2D eigenvalue weighted by atomic mass is 79.9. The molecule has 0 saturated carbocycles. The third kappa shape index (κ3) is 4.38. The van der Waals surface area contributed by atoms with E-state index in [1.165, 1.54) is 36.1 Å². The fourth-order valence-corrected chi connectivity index (χ4v) is 3.73. The summed E-state index contributed by atoms with van der Waals surface area (Å²) >= 11 is 11.0. The Balaban J connectivity index is 1.78. The molecule has 0 radical (unpaired) electrons. The number of benzene rings is 2. The van der Waals surface area contributed by atoms with E-state index in [4.69, 9.17) is 16.3 Å². The van der Waals surface area contributed by atoms with Crippen molar-refractivity contribution < 1.29 is 9.84 Å². The summed E-state index contributed by atoms with van der Waals surface area (Å²) in [6, 6.07) is 11.1. The summed E-state index contributed by atoms with van der Waals surface area (Å²) < 4.78 is 7.44. The van der Waals surface area contributed by atoms with Gasteiger partial charge in [-0.25, -0.2) is 0 Å². The Morgan fingerprint density at radius 1 is 1.38 bits per heavy atom. The molecular formula is C17H14BrClN4O2S. The fourth-order valence-electron chi connectivity index (χ4n) is 2.12. The van der Waals surface area contributed by atoms with Crippen molar-refractivity contribution in [2.75, 3.05) is 7.11 Å². The second-order valence-corrected chi connectivity index (χ2v) is 7.39. The Hall–Kier alpha value is -2.03. The molecule has 0 amide bonds. The third-order valence-electron chi connectivity index (χ3n) is 3.43. The highest BCUT2D eigenvalue weighted by Crippen LogP contribution is 2.32. The zero-order valence-electron chi connectivity index (χ0n) is 13.6. The number of hydrogen-bond acceptors (Lipinski definition) is 6. The van der Waals surface area contributed by atoms with Crippen LogP contribution in [0, 0.1) is 0 Å². The molecule has 0 aliphatic carbocycles. The number of nitrogens with zero attached hydrogens (tertiary/aromatic N) is 4. The third-order valence-corrected chi connectivity index (χ3v) is 5.23. The lowest BCUT2D eigenvalue weighted by atomic mass is 10.2. The van der Waals surface area contributed by atoms with E-state index in [9.17, 15) is 5.11 Å². The molecule has 2 aromatic carbocycles. The first-order valence-electron chi connectivity index (χ1n) is 7.45. The maximum atomic E-state index is 10.2. The second-order valence-electron chi connectivity index (χ2n) is 5.13. The van der Waals surface area contributed by atoms with Crippen LogP contribution in [-0.4, -0.2) is 33.3 Å². The molecule has 0 saturated heterocycles. The molecule has 134 valence electrons. The molecular weight excluding hydrogens is 440 g/mol. The number of rotatable bonds is 6. The Morgan fingerprint density at radius 3 is 2.96 bits per heavy atom. The molecule has 9 heteroatoms. The molecule has 0 unspecified atom stereocenters. The van der Waals surface area contributed by atoms with Crippen LogP contribution in [0.1, 0.15) is 11.1 Å². The van der Waals surface area contributed by atoms with Gasteiger partial charge in [0.15, 0.2) is 11.5 Å². The Labute approximate surface area is 168 Å². The van der Waals surface area contributed by atoms with E-state index >= 15 is 0 Å². The summed E-state index contributed by atoms with van der Waals surface area (Å²) in [5, 5.41) is 23.8. The molecule has 1 heterocycles. The second kappa shape index (κ2) is 8.57. The molecule has 3 rings (SSSR count). The monoisotopic (exact) mass is 452 g/mol. The molecule has 0 spiro atoms. The first kappa shape index (κ1) is 18.8. The summed E-state index contributed by atoms with van der Waals surface area (Å²) in [5.41, 5.74) is 1.51. The van der Waals surface area contributed by atoms with Crippen molar-refractivity contribution in [2.45, 2.75) is 10.9 Å². The van der Waals surface area contributed by atoms with Crippen LogP contribution >= 0.6 is 39.3 Å². The molecule has 3 aromatic rings. The van der Waals surface area contributed by atoms with E-state index in [-0.39, 0.29) is 5.75 Å². The fraction of sp³-hybridized carbons (Fsp3) is 0.118. The van der Waals surface area contributed by atoms with Crippen LogP contribution in [0.25, 0.3) is 0 Å². The molecule has 0 fully saturated rings. The molecule has 1 aromatic heterocycles. The van der Waals surface area contributed by atoms with Gasteiger partial charge in [0, 0.05) is 20.8 Å². The van der Waals surface area contributed by atoms with Crippen molar-refractivity contribution in [3.63, 3.8) is 0 Å². The molecule has 0 atom stereocenters. The van der Waals surface area contributed by atoms with Gasteiger partial charge in [0.2, 0.25) is 5.16 Å². The summed E-state index contributed by atoms with van der Waals surface area (Å²) in [4.78, 5) is 0. The summed E-state index contributed by atoms with van der Waals surface area (Å²) in [6.07, 6.45) is 3.02. The standard InChI is InChI=1S/C17H14BrClN4O2S/c1-25-15-7-13(18)6-12(16(15)24)8-21-23-10-20-22-17(23)26-9-11-4-2-3-5-14(11)19/h2-8,10,24H,9H2,1H3/b21-8+. The first-order valence-corrected chi connectivity index (χ1v) is 9.61. The molecule has 0 aliphatic heterocycles. The minimum atomic E-state index is 0.0118. The smallest absolute Gasteiger partial charge is 0.212 e. The lowest BCUT2D eigenvalue weighted by Crippen LogP contribution is -1.94. The number of methoxy groups -OCH3 is 1. The number of phenols is 1. The van der Waals surface area contributed by atoms with Crippen LogP contribution in [0.2, 0.25) is 5.02 Å². The maximum absolute atomic E-state index is 10.2. The van der Waals surface area contributed by atoms with Gasteiger partial charge in [0.05, 0.1) is 13.3 Å². The van der Waals surface area contributed by atoms with Crippen LogP contribution in [0.4, 0.5) is 0 Å². The minimum absolute atomic E-state index is 0.0118. The number of aromatic hydroxyl groups is 1. The SMILES string of the molecule is COc1cc(Br)cc(/C=N/n2cnnc2SCc2ccccc2Cl)c1O. The Bertz CT molecular complexity index is 948. The van der Waals surface area contributed by atoms with E-state index in [0.717, 1.165) is 10.0 Å². The quantitative estimate of drug-likeness (QED) is 0.437. The van der Waals surface area contributed by atoms with Crippen LogP contribution in [0.3, 0.4) is 0 Å². The van der Waals surface area contributed by atoms with Gasteiger partial charge >= 0.3 is 0 Å². The molecule has 1 N–H and O–H groups in total. The van der Waals surface area contributed by atoms with E-state index in [1.54, 1.807) is 12.1 Å². The average molecular weight is 454 g/mol. The van der Waals surface area contributed by atoms with Crippen molar-refractivity contribution in [3.05, 3.63) is 63.3 Å². The zero-order chi connectivity index (χ0) is 18.5. The lowest BCUT2D eigenvalue weighted by molar-refractivity contribution is 0.373. The lowest BCUT2D eigenvalue weighted by Gasteiger charge is -2.07. The number of ether oxygens (including phenoxy) is 1. The molecule has 6 nitrogen and oxygen atoms in total. The molecule has 26 heavy (non-hydrogen) atoms. The van der Waals surface area contributed by atoms with Gasteiger partial charge in [-0.05, 0) is 23.8 Å². The highest BCUT2D eigenvalue weighted by molar-refractivity contribution is 9.10. The largest absolute Gasteiger partial charge is 0.504 e. The zero-order valence-corrected chi connectivity index (χ0v) is 16.8. The topological polar surface area (TPSA) is 72.5 Å². The van der Waals surface area contributed by atoms with E-state index < -0.39 is 0 Å². The van der Waals surface area contributed by atoms with Crippen molar-refractivity contribution in [1.82, 2.24) is 14.9 Å². The van der Waals surface area contributed by atoms with Crippen LogP contribution < -0.4 is 4.74 Å². The van der Waals surface area contributed by atoms with Gasteiger partial charge in [-0.3, -0.25) is 0 Å². The van der Waals surface area contributed by atoms with Crippen molar-refractivity contribution in [1.29, 1.82) is 0 Å². The number of halogens is 2. The number of phenolic OH excluding ortho intramolecular Hbond substituents is 1. The van der Waals surface area contributed by atoms with Crippen molar-refractivity contribution in [2.24, 2.45) is 5.10 Å². The summed E-state index contributed by atoms with van der Waals surface area (Å²) in [6.45, 7) is 0. The predicted octanol–water partition coefficient (Wildman–Crippen LogP) is 4.58. The summed E-state index contributed by atoms with van der Waals surface area (Å²) in [5.74, 6) is 1.01. The number of hydrogen-bond donors (Lipinski definition) is 1. The van der Waals surface area contributed by atoms with Gasteiger partial charge < -0.3 is 9.84 Å². The van der Waals surface area contributed by atoms with Gasteiger partial charge in [0.25, 0.3) is 0 Å². The highest BCUT2D eigenvalue weighted by Gasteiger charge is 2.10. The first-order chi connectivity index (χ1) is 12.6. The predicted molar refractivity (Wildman–Crippen MR) is 106 cm³/mol. The molecule has 0 bridgehead atoms. The average Bonchev–Trinajstić information content (AvgIpc) is 3.09. The number of aromatic nitrogens is 3. The molecule has 0 aliphatic rings. The van der Waals surface area contributed by atoms with Crippen LogP contribution in [-0.2, 0) is 5.75 Å². The normalized spacial score (nSPS) is 11.2. The van der Waals surface area contributed by atoms with Crippen molar-refractivity contribution >= 4 is 45.5 Å². The Morgan fingerprint density at radius 2 is 2.19 bits per heavy atom. The number of thioether (sulfide) groups is 1. The van der Waals surface area contributed by atoms with E-state index in [2.05, 4.69) is 31.2 Å². The Kier molecular flexibility index (Phi) is 6.18. The van der Waals surface area contributed by atoms with Crippen molar-refractivity contribution in [3.8, 4) is 11.5 Å². The van der Waals surface area contributed by atoms with Gasteiger partial charge in [-0.2, -0.15) is 9.78 Å². The van der Waals surface area contributed by atoms with Crippen LogP contribution in [0.5, 0.6) is 11.5 Å². The summed E-state index contributed by atoms with van der Waals surface area (Å²) in [7, 11) is 1.49. The van der Waals surface area contributed by atoms with Crippen LogP contribution in [0.15, 0.2) is 57.5 Å². The maximum Gasteiger partial charge on any atom is 0.212 e. The van der Waals surface area contributed by atoms with Gasteiger partial charge in [-0.1, -0.05) is 57.5 Å². The van der Waals surface area contributed by atoms with E-state index in [1.807, 2.05) is 24.3 Å². The minimum Gasteiger partial charge on any atom is -0.504 e. The van der Waals surface area contributed by atoms with Gasteiger partial charge in [-0.15, -0.1) is 10.2 Å². The van der Waals surface area contributed by atoms with E-state index in [0.29, 0.717) is 27.2 Å².